The van der Waals surface area contributed by atoms with E-state index in [1.54, 1.807) is 12.1 Å². The van der Waals surface area contributed by atoms with Gasteiger partial charge in [-0.25, -0.2) is 5.01 Å². The fraction of sp³-hybridized carbons (Fsp3) is 0.280. The first-order valence-electron chi connectivity index (χ1n) is 10.9. The molecule has 3 amide bonds. The second-order valence-electron chi connectivity index (χ2n) is 8.28. The largest absolute Gasteiger partial charge is 0.292 e. The highest BCUT2D eigenvalue weighted by Gasteiger charge is 2.53. The van der Waals surface area contributed by atoms with E-state index in [1.165, 1.54) is 30.3 Å². The molecule has 2 aliphatic rings. The van der Waals surface area contributed by atoms with E-state index in [2.05, 4.69) is 0 Å². The van der Waals surface area contributed by atoms with Crippen molar-refractivity contribution in [2.75, 3.05) is 5.88 Å². The summed E-state index contributed by atoms with van der Waals surface area (Å²) in [6.45, 7) is 0. The molecule has 3 atom stereocenters. The molecular formula is C25H20Cl4N2O4. The predicted molar refractivity (Wildman–Crippen MR) is 135 cm³/mol. The minimum Gasteiger partial charge on any atom is -0.292 e. The molecule has 10 heteroatoms. The molecule has 6 nitrogen and oxygen atoms in total. The summed E-state index contributed by atoms with van der Waals surface area (Å²) in [5, 5.41) is 2.50. The van der Waals surface area contributed by atoms with Gasteiger partial charge in [-0.05, 0) is 61.7 Å². The zero-order chi connectivity index (χ0) is 25.3. The number of halogens is 4. The molecule has 1 saturated heterocycles. The van der Waals surface area contributed by atoms with Gasteiger partial charge in [0.2, 0.25) is 0 Å². The number of hydrazine groups is 1. The maximum Gasteiger partial charge on any atom is 0.275 e. The van der Waals surface area contributed by atoms with Gasteiger partial charge in [0, 0.05) is 21.5 Å². The molecule has 35 heavy (non-hydrogen) atoms. The van der Waals surface area contributed by atoms with E-state index in [0.717, 1.165) is 10.0 Å². The first kappa shape index (κ1) is 25.7. The Kier molecular flexibility index (Phi) is 7.86. The second kappa shape index (κ2) is 10.7. The average Bonchev–Trinajstić information content (AvgIpc) is 3.09. The van der Waals surface area contributed by atoms with Crippen LogP contribution >= 0.6 is 46.4 Å². The Hall–Kier alpha value is -2.38. The Morgan fingerprint density at radius 1 is 0.914 bits per heavy atom. The van der Waals surface area contributed by atoms with Crippen LogP contribution in [0, 0.1) is 11.8 Å². The zero-order valence-corrected chi connectivity index (χ0v) is 21.3. The van der Waals surface area contributed by atoms with E-state index in [4.69, 9.17) is 46.4 Å². The van der Waals surface area contributed by atoms with E-state index >= 15 is 0 Å². The van der Waals surface area contributed by atoms with Crippen LogP contribution in [0.2, 0.25) is 15.1 Å². The summed E-state index contributed by atoms with van der Waals surface area (Å²) in [5.74, 6) is -3.56. The highest BCUT2D eigenvalue weighted by molar-refractivity contribution is 6.37. The fourth-order valence-electron chi connectivity index (χ4n) is 4.43. The van der Waals surface area contributed by atoms with E-state index < -0.39 is 41.4 Å². The molecule has 2 aromatic rings. The van der Waals surface area contributed by atoms with Gasteiger partial charge in [0.1, 0.15) is 6.04 Å². The standard InChI is InChI=1S/C25H20Cl4N2O4/c26-12-11-21(22(32)14-5-7-15(27)8-6-14)30(25(35)19-10-9-16(28)13-20(19)29)31-23(33)17-3-1-2-4-18(17)24(31)34/h1-2,5-10,13,17-18,21H,3-4,11-12H2/t17-,18+,21-/m0/s1. The van der Waals surface area contributed by atoms with E-state index in [1.807, 2.05) is 12.2 Å². The van der Waals surface area contributed by atoms with Crippen molar-refractivity contribution < 1.29 is 19.2 Å². The lowest BCUT2D eigenvalue weighted by molar-refractivity contribution is -0.156. The summed E-state index contributed by atoms with van der Waals surface area (Å²) in [5.41, 5.74) is 0.246. The molecular weight excluding hydrogens is 534 g/mol. The third-order valence-corrected chi connectivity index (χ3v) is 7.20. The third-order valence-electron chi connectivity index (χ3n) is 6.18. The van der Waals surface area contributed by atoms with Crippen LogP contribution in [-0.4, -0.2) is 45.4 Å². The number of carbonyl (C=O) groups is 4. The maximum absolute atomic E-state index is 13.9. The summed E-state index contributed by atoms with van der Waals surface area (Å²) in [4.78, 5) is 54.4. The van der Waals surface area contributed by atoms with Gasteiger partial charge in [-0.15, -0.1) is 11.6 Å². The van der Waals surface area contributed by atoms with Crippen LogP contribution in [-0.2, 0) is 9.59 Å². The SMILES string of the molecule is O=C(c1ccc(Cl)cc1)[C@H](CCCl)N(C(=O)c1ccc(Cl)cc1Cl)N1C(=O)[C@H]2CC=CC[C@H]2C1=O. The first-order valence-corrected chi connectivity index (χ1v) is 12.6. The Labute approximate surface area is 222 Å². The number of Topliss-reactive ketones (excluding diaryl/α,β-unsaturated/α-hetero) is 1. The summed E-state index contributed by atoms with van der Waals surface area (Å²) < 4.78 is 0. The molecule has 1 aliphatic heterocycles. The lowest BCUT2D eigenvalue weighted by atomic mass is 9.85. The van der Waals surface area contributed by atoms with Crippen LogP contribution in [0.1, 0.15) is 40.0 Å². The van der Waals surface area contributed by atoms with Gasteiger partial charge in [0.25, 0.3) is 17.7 Å². The molecule has 0 bridgehead atoms. The number of nitrogens with zero attached hydrogens (tertiary/aromatic N) is 2. The molecule has 0 radical (unpaired) electrons. The highest BCUT2D eigenvalue weighted by Crippen LogP contribution is 2.38. The molecule has 0 spiro atoms. The molecule has 182 valence electrons. The molecule has 0 aromatic heterocycles. The van der Waals surface area contributed by atoms with Crippen LogP contribution < -0.4 is 0 Å². The van der Waals surface area contributed by atoms with Gasteiger partial charge >= 0.3 is 0 Å². The lowest BCUT2D eigenvalue weighted by Gasteiger charge is -2.36. The van der Waals surface area contributed by atoms with Gasteiger partial charge in [-0.1, -0.05) is 47.0 Å². The number of alkyl halides is 1. The molecule has 1 heterocycles. The monoisotopic (exact) mass is 552 g/mol. The van der Waals surface area contributed by atoms with Gasteiger partial charge in [-0.3, -0.25) is 19.2 Å². The van der Waals surface area contributed by atoms with Crippen LogP contribution in [0.3, 0.4) is 0 Å². The number of hydrogen-bond donors (Lipinski definition) is 0. The smallest absolute Gasteiger partial charge is 0.275 e. The number of imide groups is 1. The van der Waals surface area contributed by atoms with Crippen molar-refractivity contribution in [2.24, 2.45) is 11.8 Å². The number of hydrogen-bond acceptors (Lipinski definition) is 4. The number of carbonyl (C=O) groups excluding carboxylic acids is 4. The predicted octanol–water partition coefficient (Wildman–Crippen LogP) is 5.84. The average molecular weight is 554 g/mol. The molecule has 0 saturated carbocycles. The fourth-order valence-corrected chi connectivity index (χ4v) is 5.25. The van der Waals surface area contributed by atoms with Crippen LogP contribution in [0.5, 0.6) is 0 Å². The molecule has 1 fully saturated rings. The van der Waals surface area contributed by atoms with Crippen molar-refractivity contribution in [3.05, 3.63) is 80.8 Å². The number of fused-ring (bicyclic) bond motifs is 1. The van der Waals surface area contributed by atoms with Gasteiger partial charge in [0.05, 0.1) is 22.4 Å². The molecule has 4 rings (SSSR count). The Bertz CT molecular complexity index is 1190. The molecule has 1 aliphatic carbocycles. The van der Waals surface area contributed by atoms with Crippen molar-refractivity contribution in [2.45, 2.75) is 25.3 Å². The van der Waals surface area contributed by atoms with Crippen molar-refractivity contribution in [1.29, 1.82) is 0 Å². The van der Waals surface area contributed by atoms with Crippen molar-refractivity contribution in [3.8, 4) is 0 Å². The second-order valence-corrected chi connectivity index (χ2v) is 9.94. The first-order chi connectivity index (χ1) is 16.7. The lowest BCUT2D eigenvalue weighted by Crippen LogP contribution is -2.57. The number of rotatable bonds is 7. The topological polar surface area (TPSA) is 74.8 Å². The van der Waals surface area contributed by atoms with Crippen LogP contribution in [0.25, 0.3) is 0 Å². The summed E-state index contributed by atoms with van der Waals surface area (Å²) in [6, 6.07) is 9.11. The minimum absolute atomic E-state index is 0.00635. The quantitative estimate of drug-likeness (QED) is 0.187. The van der Waals surface area contributed by atoms with E-state index in [9.17, 15) is 19.2 Å². The van der Waals surface area contributed by atoms with Crippen LogP contribution in [0.15, 0.2) is 54.6 Å². The Balaban J connectivity index is 1.83. The van der Waals surface area contributed by atoms with Gasteiger partial charge in [0.15, 0.2) is 5.78 Å². The summed E-state index contributed by atoms with van der Waals surface area (Å²) >= 11 is 24.3. The van der Waals surface area contributed by atoms with Crippen molar-refractivity contribution >= 4 is 69.9 Å². The van der Waals surface area contributed by atoms with Gasteiger partial charge in [-0.2, -0.15) is 5.01 Å². The molecule has 2 aromatic carbocycles. The minimum atomic E-state index is -1.24. The maximum atomic E-state index is 13.9. The van der Waals surface area contributed by atoms with Crippen molar-refractivity contribution in [1.82, 2.24) is 10.0 Å². The van der Waals surface area contributed by atoms with Crippen molar-refractivity contribution in [3.63, 3.8) is 0 Å². The summed E-state index contributed by atoms with van der Waals surface area (Å²) in [6.07, 6.45) is 4.42. The van der Waals surface area contributed by atoms with Crippen LogP contribution in [0.4, 0.5) is 0 Å². The number of allylic oxidation sites excluding steroid dienone is 2. The Morgan fingerprint density at radius 2 is 1.49 bits per heavy atom. The number of ketones is 1. The third kappa shape index (κ3) is 4.98. The van der Waals surface area contributed by atoms with E-state index in [-0.39, 0.29) is 28.5 Å². The zero-order valence-electron chi connectivity index (χ0n) is 18.3. The summed E-state index contributed by atoms with van der Waals surface area (Å²) in [7, 11) is 0. The Morgan fingerprint density at radius 3 is 2.03 bits per heavy atom. The van der Waals surface area contributed by atoms with E-state index in [0.29, 0.717) is 22.9 Å². The normalized spacial score (nSPS) is 20.1. The number of benzene rings is 2. The highest BCUT2D eigenvalue weighted by atomic mass is 35.5. The molecule has 0 N–H and O–H groups in total. The number of amides is 3. The van der Waals surface area contributed by atoms with Gasteiger partial charge < -0.3 is 0 Å². The molecule has 0 unspecified atom stereocenters.